The molecule has 1 amide bonds. The first kappa shape index (κ1) is 20.1. The van der Waals surface area contributed by atoms with Crippen LogP contribution in [0.2, 0.25) is 0 Å². The lowest BCUT2D eigenvalue weighted by Gasteiger charge is -2.44. The molecule has 4 heterocycles. The van der Waals surface area contributed by atoms with Crippen molar-refractivity contribution >= 4 is 32.6 Å². The number of amides is 1. The highest BCUT2D eigenvalue weighted by atomic mass is 32.2. The number of carbonyl (C=O) groups is 1. The lowest BCUT2D eigenvalue weighted by molar-refractivity contribution is 0.0607. The van der Waals surface area contributed by atoms with Crippen LogP contribution in [-0.2, 0) is 10.0 Å². The molecule has 3 aromatic rings. The molecular formula is C23H25N3O4S. The van der Waals surface area contributed by atoms with E-state index in [4.69, 9.17) is 4.42 Å². The fourth-order valence-electron chi connectivity index (χ4n) is 4.73. The summed E-state index contributed by atoms with van der Waals surface area (Å²) in [5.74, 6) is 0.650. The third kappa shape index (κ3) is 4.18. The van der Waals surface area contributed by atoms with Gasteiger partial charge in [-0.2, -0.15) is 0 Å². The smallest absolute Gasteiger partial charge is 0.287 e. The first-order valence-corrected chi connectivity index (χ1v) is 12.4. The number of hydrogen-bond donors (Lipinski definition) is 2. The van der Waals surface area contributed by atoms with Gasteiger partial charge in [0.15, 0.2) is 5.76 Å². The van der Waals surface area contributed by atoms with Gasteiger partial charge in [0.2, 0.25) is 10.0 Å². The lowest BCUT2D eigenvalue weighted by atomic mass is 9.84. The van der Waals surface area contributed by atoms with Crippen LogP contribution in [0.25, 0.3) is 22.1 Å². The van der Waals surface area contributed by atoms with Crippen molar-refractivity contribution in [3.63, 3.8) is 0 Å². The van der Waals surface area contributed by atoms with E-state index in [0.29, 0.717) is 22.9 Å². The van der Waals surface area contributed by atoms with E-state index in [1.165, 1.54) is 0 Å². The van der Waals surface area contributed by atoms with Crippen LogP contribution in [0.15, 0.2) is 52.9 Å². The molecule has 2 aromatic carbocycles. The zero-order valence-corrected chi connectivity index (χ0v) is 18.1. The topological polar surface area (TPSA) is 91.6 Å². The SMILES string of the molecule is CS(=O)(=O)Nc1cccc(-c2cccc3cc(C(=O)N[C@H]4CN5CCC4CC5)oc23)c1. The fourth-order valence-corrected chi connectivity index (χ4v) is 5.29. The highest BCUT2D eigenvalue weighted by Gasteiger charge is 2.35. The lowest BCUT2D eigenvalue weighted by Crippen LogP contribution is -2.57. The van der Waals surface area contributed by atoms with Crippen molar-refractivity contribution in [1.82, 2.24) is 10.2 Å². The zero-order valence-electron chi connectivity index (χ0n) is 17.3. The number of sulfonamides is 1. The molecule has 162 valence electrons. The van der Waals surface area contributed by atoms with Crippen molar-refractivity contribution in [2.24, 2.45) is 5.92 Å². The maximum atomic E-state index is 12.9. The van der Waals surface area contributed by atoms with Gasteiger partial charge in [-0.25, -0.2) is 8.42 Å². The van der Waals surface area contributed by atoms with E-state index in [0.717, 1.165) is 55.2 Å². The van der Waals surface area contributed by atoms with Gasteiger partial charge < -0.3 is 14.6 Å². The Bertz CT molecular complexity index is 1240. The molecule has 3 aliphatic rings. The standard InChI is InChI=1S/C23H25N3O4S/c1-31(28,29)25-18-6-2-4-16(12-18)19-7-3-5-17-13-21(30-22(17)19)23(27)24-20-14-26-10-8-15(20)9-11-26/h2-7,12-13,15,20,25H,8-11,14H2,1H3,(H,24,27)/t20-/m0/s1. The number of furan rings is 1. The van der Waals surface area contributed by atoms with Crippen molar-refractivity contribution < 1.29 is 17.6 Å². The van der Waals surface area contributed by atoms with Crippen LogP contribution in [0.4, 0.5) is 5.69 Å². The number of nitrogens with zero attached hydrogens (tertiary/aromatic N) is 1. The molecule has 1 atom stereocenters. The predicted molar refractivity (Wildman–Crippen MR) is 121 cm³/mol. The highest BCUT2D eigenvalue weighted by Crippen LogP contribution is 2.33. The Hall–Kier alpha value is -2.84. The van der Waals surface area contributed by atoms with Gasteiger partial charge in [0.25, 0.3) is 5.91 Å². The number of fused-ring (bicyclic) bond motifs is 4. The van der Waals surface area contributed by atoms with E-state index < -0.39 is 10.0 Å². The van der Waals surface area contributed by atoms with E-state index in [1.807, 2.05) is 24.3 Å². The average Bonchev–Trinajstić information content (AvgIpc) is 3.18. The molecule has 0 unspecified atom stereocenters. The Morgan fingerprint density at radius 2 is 1.87 bits per heavy atom. The summed E-state index contributed by atoms with van der Waals surface area (Å²) in [5, 5.41) is 4.00. The summed E-state index contributed by atoms with van der Waals surface area (Å²) >= 11 is 0. The minimum absolute atomic E-state index is 0.168. The molecule has 0 radical (unpaired) electrons. The molecular weight excluding hydrogens is 414 g/mol. The minimum atomic E-state index is -3.37. The molecule has 3 aliphatic heterocycles. The molecule has 6 rings (SSSR count). The molecule has 7 nitrogen and oxygen atoms in total. The normalized spacial score (nSPS) is 23.1. The van der Waals surface area contributed by atoms with Crippen LogP contribution in [0.5, 0.6) is 0 Å². The van der Waals surface area contributed by atoms with Gasteiger partial charge in [0.1, 0.15) is 5.58 Å². The summed E-state index contributed by atoms with van der Waals surface area (Å²) in [6.07, 6.45) is 3.38. The Balaban J connectivity index is 1.43. The second-order valence-corrected chi connectivity index (χ2v) is 10.3. The molecule has 0 saturated carbocycles. The van der Waals surface area contributed by atoms with Crippen molar-refractivity contribution in [3.05, 3.63) is 54.3 Å². The van der Waals surface area contributed by atoms with Crippen LogP contribution < -0.4 is 10.0 Å². The Kier molecular flexibility index (Phi) is 4.98. The number of hydrogen-bond acceptors (Lipinski definition) is 5. The Morgan fingerprint density at radius 3 is 2.58 bits per heavy atom. The summed E-state index contributed by atoms with van der Waals surface area (Å²) in [5.41, 5.74) is 2.69. The van der Waals surface area contributed by atoms with Gasteiger partial charge in [-0.3, -0.25) is 9.52 Å². The van der Waals surface area contributed by atoms with E-state index in [9.17, 15) is 13.2 Å². The van der Waals surface area contributed by atoms with Crippen molar-refractivity contribution in [1.29, 1.82) is 0 Å². The first-order valence-electron chi connectivity index (χ1n) is 10.5. The van der Waals surface area contributed by atoms with E-state index in [2.05, 4.69) is 14.9 Å². The van der Waals surface area contributed by atoms with Gasteiger partial charge in [-0.05, 0) is 55.6 Å². The third-order valence-electron chi connectivity index (χ3n) is 6.22. The van der Waals surface area contributed by atoms with E-state index >= 15 is 0 Å². The number of piperidine rings is 3. The first-order chi connectivity index (χ1) is 14.9. The maximum Gasteiger partial charge on any atom is 0.287 e. The molecule has 2 N–H and O–H groups in total. The van der Waals surface area contributed by atoms with Crippen LogP contribution in [0.1, 0.15) is 23.4 Å². The molecule has 1 aromatic heterocycles. The van der Waals surface area contributed by atoms with Gasteiger partial charge in [-0.1, -0.05) is 30.3 Å². The van der Waals surface area contributed by atoms with Crippen LogP contribution in [0.3, 0.4) is 0 Å². The Morgan fingerprint density at radius 1 is 1.10 bits per heavy atom. The second-order valence-electron chi connectivity index (χ2n) is 8.51. The fraction of sp³-hybridized carbons (Fsp3) is 0.348. The number of carbonyl (C=O) groups excluding carboxylic acids is 1. The highest BCUT2D eigenvalue weighted by molar-refractivity contribution is 7.92. The third-order valence-corrected chi connectivity index (χ3v) is 6.82. The van der Waals surface area contributed by atoms with Gasteiger partial charge in [0, 0.05) is 29.2 Å². The molecule has 31 heavy (non-hydrogen) atoms. The van der Waals surface area contributed by atoms with Crippen LogP contribution in [0, 0.1) is 5.92 Å². The average molecular weight is 440 g/mol. The monoisotopic (exact) mass is 439 g/mol. The molecule has 3 saturated heterocycles. The van der Waals surface area contributed by atoms with Crippen LogP contribution >= 0.6 is 0 Å². The largest absolute Gasteiger partial charge is 0.450 e. The number of benzene rings is 2. The summed E-state index contributed by atoms with van der Waals surface area (Å²) in [4.78, 5) is 15.3. The van der Waals surface area contributed by atoms with Gasteiger partial charge >= 0.3 is 0 Å². The molecule has 3 fully saturated rings. The zero-order chi connectivity index (χ0) is 21.6. The van der Waals surface area contributed by atoms with Crippen molar-refractivity contribution in [2.45, 2.75) is 18.9 Å². The predicted octanol–water partition coefficient (Wildman–Crippen LogP) is 3.30. The number of rotatable bonds is 5. The van der Waals surface area contributed by atoms with Gasteiger partial charge in [-0.15, -0.1) is 0 Å². The number of para-hydroxylation sites is 1. The number of nitrogens with one attached hydrogen (secondary N) is 2. The van der Waals surface area contributed by atoms with E-state index in [1.54, 1.807) is 24.3 Å². The maximum absolute atomic E-state index is 12.9. The minimum Gasteiger partial charge on any atom is -0.450 e. The second kappa shape index (κ2) is 7.69. The van der Waals surface area contributed by atoms with Crippen molar-refractivity contribution in [2.75, 3.05) is 30.6 Å². The van der Waals surface area contributed by atoms with Crippen LogP contribution in [-0.4, -0.2) is 51.2 Å². The summed E-state index contributed by atoms with van der Waals surface area (Å²) < 4.78 is 31.7. The summed E-state index contributed by atoms with van der Waals surface area (Å²) in [7, 11) is -3.37. The Labute approximate surface area is 181 Å². The molecule has 8 heteroatoms. The van der Waals surface area contributed by atoms with Gasteiger partial charge in [0.05, 0.1) is 6.26 Å². The number of anilines is 1. The summed E-state index contributed by atoms with van der Waals surface area (Å²) in [6, 6.07) is 14.8. The molecule has 2 bridgehead atoms. The van der Waals surface area contributed by atoms with Crippen molar-refractivity contribution in [3.8, 4) is 11.1 Å². The summed E-state index contributed by atoms with van der Waals surface area (Å²) in [6.45, 7) is 3.15. The molecule has 0 aliphatic carbocycles. The quantitative estimate of drug-likeness (QED) is 0.637. The van der Waals surface area contributed by atoms with E-state index in [-0.39, 0.29) is 11.9 Å². The molecule has 0 spiro atoms.